The van der Waals surface area contributed by atoms with Crippen LogP contribution in [-0.4, -0.2) is 26.6 Å². The van der Waals surface area contributed by atoms with E-state index >= 15 is 0 Å². The largest absolute Gasteiger partial charge is 0.296 e. The molecule has 0 spiro atoms. The lowest BCUT2D eigenvalue weighted by Crippen LogP contribution is -2.15. The number of nitrogens with zero attached hydrogens (tertiary/aromatic N) is 3. The van der Waals surface area contributed by atoms with Gasteiger partial charge in [0, 0.05) is 10.8 Å². The highest BCUT2D eigenvalue weighted by Crippen LogP contribution is 2.29. The summed E-state index contributed by atoms with van der Waals surface area (Å²) in [5.41, 5.74) is 0.912. The molecule has 0 aliphatic carbocycles. The van der Waals surface area contributed by atoms with Crippen LogP contribution in [0.25, 0.3) is 10.2 Å². The molecule has 1 amide bonds. The fraction of sp³-hybridized carbons (Fsp3) is 0.200. The third kappa shape index (κ3) is 3.97. The lowest BCUT2D eigenvalue weighted by atomic mass is 10.3. The molecule has 0 atom stereocenters. The van der Waals surface area contributed by atoms with E-state index in [2.05, 4.69) is 27.2 Å². The van der Waals surface area contributed by atoms with Crippen molar-refractivity contribution >= 4 is 67.6 Å². The van der Waals surface area contributed by atoms with Gasteiger partial charge in [-0.25, -0.2) is 15.0 Å². The Morgan fingerprint density at radius 2 is 2.17 bits per heavy atom. The van der Waals surface area contributed by atoms with Gasteiger partial charge in [-0.05, 0) is 24.6 Å². The monoisotopic (exact) mass is 398 g/mol. The van der Waals surface area contributed by atoms with Crippen LogP contribution in [0, 0.1) is 0 Å². The molecule has 3 rings (SSSR count). The molecule has 0 saturated carbocycles. The van der Waals surface area contributed by atoms with Crippen molar-refractivity contribution in [3.05, 3.63) is 40.1 Å². The van der Waals surface area contributed by atoms with E-state index in [9.17, 15) is 4.79 Å². The van der Waals surface area contributed by atoms with Gasteiger partial charge in [0.25, 0.3) is 5.91 Å². The summed E-state index contributed by atoms with van der Waals surface area (Å²) >= 11 is 14.8. The summed E-state index contributed by atoms with van der Waals surface area (Å²) in [7, 11) is 0. The highest BCUT2D eigenvalue weighted by Gasteiger charge is 2.16. The van der Waals surface area contributed by atoms with E-state index in [0.717, 1.165) is 22.4 Å². The Balaban J connectivity index is 1.82. The van der Waals surface area contributed by atoms with Gasteiger partial charge in [-0.15, -0.1) is 0 Å². The van der Waals surface area contributed by atoms with Crippen LogP contribution in [0.5, 0.6) is 0 Å². The quantitative estimate of drug-likeness (QED) is 0.475. The molecule has 0 aliphatic heterocycles. The van der Waals surface area contributed by atoms with Crippen LogP contribution >= 0.6 is 46.3 Å². The highest BCUT2D eigenvalue weighted by molar-refractivity contribution is 7.99. The minimum atomic E-state index is -0.411. The van der Waals surface area contributed by atoms with Crippen LogP contribution in [0.3, 0.4) is 0 Å². The number of fused-ring (bicyclic) bond motifs is 1. The number of hydrogen-bond acceptors (Lipinski definition) is 6. The van der Waals surface area contributed by atoms with E-state index in [0.29, 0.717) is 15.3 Å². The first-order chi connectivity index (χ1) is 11.6. The van der Waals surface area contributed by atoms with Crippen molar-refractivity contribution in [3.8, 4) is 0 Å². The van der Waals surface area contributed by atoms with Gasteiger partial charge in [-0.3, -0.25) is 10.1 Å². The van der Waals surface area contributed by atoms with Crippen molar-refractivity contribution in [1.29, 1.82) is 0 Å². The number of halogens is 2. The second-order valence-electron chi connectivity index (χ2n) is 4.78. The molecule has 1 N–H and O–H groups in total. The number of hydrogen-bond donors (Lipinski definition) is 1. The molecule has 0 bridgehead atoms. The standard InChI is InChI=1S/C15H12Cl2N4OS2/c1-2-5-23-14-18-7-9(17)12(20-14)13(22)21-15-19-10-4-3-8(16)6-11(10)24-15/h3-4,6-7H,2,5H2,1H3,(H,19,21,22). The number of thioether (sulfide) groups is 1. The maximum absolute atomic E-state index is 12.5. The number of carbonyl (C=O) groups is 1. The Kier molecular flexibility index (Phi) is 5.55. The molecule has 0 unspecified atom stereocenters. The van der Waals surface area contributed by atoms with Crippen molar-refractivity contribution in [2.24, 2.45) is 0 Å². The molecule has 124 valence electrons. The first kappa shape index (κ1) is 17.4. The van der Waals surface area contributed by atoms with E-state index in [4.69, 9.17) is 23.2 Å². The highest BCUT2D eigenvalue weighted by atomic mass is 35.5. The van der Waals surface area contributed by atoms with Crippen molar-refractivity contribution in [2.45, 2.75) is 18.5 Å². The van der Waals surface area contributed by atoms with Crippen LogP contribution < -0.4 is 5.32 Å². The molecule has 5 nitrogen and oxygen atoms in total. The summed E-state index contributed by atoms with van der Waals surface area (Å²) in [5, 5.41) is 4.56. The summed E-state index contributed by atoms with van der Waals surface area (Å²) < 4.78 is 0.894. The zero-order valence-electron chi connectivity index (χ0n) is 12.5. The van der Waals surface area contributed by atoms with Gasteiger partial charge in [0.15, 0.2) is 16.0 Å². The predicted molar refractivity (Wildman–Crippen MR) is 101 cm³/mol. The van der Waals surface area contributed by atoms with Gasteiger partial charge >= 0.3 is 0 Å². The number of amides is 1. The van der Waals surface area contributed by atoms with Gasteiger partial charge in [0.1, 0.15) is 0 Å². The van der Waals surface area contributed by atoms with Crippen LogP contribution in [-0.2, 0) is 0 Å². The maximum atomic E-state index is 12.5. The molecule has 0 fully saturated rings. The molecule has 0 saturated heterocycles. The summed E-state index contributed by atoms with van der Waals surface area (Å²) in [6.07, 6.45) is 2.44. The normalized spacial score (nSPS) is 11.0. The van der Waals surface area contributed by atoms with E-state index in [-0.39, 0.29) is 10.7 Å². The fourth-order valence-corrected chi connectivity index (χ4v) is 3.86. The van der Waals surface area contributed by atoms with Gasteiger partial charge in [0.05, 0.1) is 21.4 Å². The molecule has 0 aliphatic rings. The average Bonchev–Trinajstić information content (AvgIpc) is 2.95. The SMILES string of the molecule is CCCSc1ncc(Cl)c(C(=O)Nc2nc3ccc(Cl)cc3s2)n1. The number of carbonyl (C=O) groups excluding carboxylic acids is 1. The van der Waals surface area contributed by atoms with Gasteiger partial charge in [-0.1, -0.05) is 53.2 Å². The van der Waals surface area contributed by atoms with Crippen LogP contribution in [0.15, 0.2) is 29.6 Å². The van der Waals surface area contributed by atoms with Crippen molar-refractivity contribution in [1.82, 2.24) is 15.0 Å². The molecule has 0 radical (unpaired) electrons. The first-order valence-corrected chi connectivity index (χ1v) is 9.65. The molecule has 1 aromatic carbocycles. The van der Waals surface area contributed by atoms with E-state index in [1.54, 1.807) is 18.2 Å². The first-order valence-electron chi connectivity index (χ1n) is 7.09. The summed E-state index contributed by atoms with van der Waals surface area (Å²) in [6.45, 7) is 2.07. The molecule has 2 heterocycles. The smallest absolute Gasteiger partial charge is 0.277 e. The van der Waals surface area contributed by atoms with Crippen molar-refractivity contribution in [3.63, 3.8) is 0 Å². The van der Waals surface area contributed by atoms with Crippen LogP contribution in [0.2, 0.25) is 10.0 Å². The zero-order valence-corrected chi connectivity index (χ0v) is 15.7. The minimum absolute atomic E-state index is 0.141. The van der Waals surface area contributed by atoms with Gasteiger partial charge in [-0.2, -0.15) is 0 Å². The number of nitrogens with one attached hydrogen (secondary N) is 1. The molecule has 9 heteroatoms. The summed E-state index contributed by atoms with van der Waals surface area (Å²) in [4.78, 5) is 25.2. The Morgan fingerprint density at radius 3 is 2.96 bits per heavy atom. The van der Waals surface area contributed by atoms with E-state index < -0.39 is 5.91 Å². The zero-order chi connectivity index (χ0) is 17.1. The average molecular weight is 399 g/mol. The molecule has 24 heavy (non-hydrogen) atoms. The predicted octanol–water partition coefficient (Wildman–Crippen LogP) is 5.15. The summed E-state index contributed by atoms with van der Waals surface area (Å²) in [5.74, 6) is 0.465. The maximum Gasteiger partial charge on any atom is 0.277 e. The second-order valence-corrected chi connectivity index (χ2v) is 7.72. The van der Waals surface area contributed by atoms with Crippen molar-refractivity contribution < 1.29 is 4.79 Å². The Labute approximate surface area is 156 Å². The number of aromatic nitrogens is 3. The lowest BCUT2D eigenvalue weighted by molar-refractivity contribution is 0.102. The minimum Gasteiger partial charge on any atom is -0.296 e. The molecule has 3 aromatic rings. The van der Waals surface area contributed by atoms with Gasteiger partial charge < -0.3 is 0 Å². The number of anilines is 1. The third-order valence-corrected chi connectivity index (χ3v) is 5.46. The van der Waals surface area contributed by atoms with E-state index in [1.165, 1.54) is 29.3 Å². The van der Waals surface area contributed by atoms with Crippen LogP contribution in [0.4, 0.5) is 5.13 Å². The van der Waals surface area contributed by atoms with Gasteiger partial charge in [0.2, 0.25) is 0 Å². The Morgan fingerprint density at radius 1 is 1.33 bits per heavy atom. The van der Waals surface area contributed by atoms with Crippen LogP contribution in [0.1, 0.15) is 23.8 Å². The fourth-order valence-electron chi connectivity index (χ4n) is 1.88. The molecule has 2 aromatic heterocycles. The van der Waals surface area contributed by atoms with E-state index in [1.807, 2.05) is 0 Å². The second kappa shape index (κ2) is 7.65. The number of thiazole rings is 1. The summed E-state index contributed by atoms with van der Waals surface area (Å²) in [6, 6.07) is 5.37. The molecular formula is C15H12Cl2N4OS2. The topological polar surface area (TPSA) is 67.8 Å². The number of benzene rings is 1. The van der Waals surface area contributed by atoms with Crippen molar-refractivity contribution in [2.75, 3.05) is 11.1 Å². The third-order valence-electron chi connectivity index (χ3n) is 2.94. The Bertz CT molecular complexity index is 900. The lowest BCUT2D eigenvalue weighted by Gasteiger charge is -2.05. The number of rotatable bonds is 5. The molecular weight excluding hydrogens is 387 g/mol. The Hall–Kier alpha value is -1.41.